The Kier molecular flexibility index (Phi) is 5.76. The molecule has 4 heteroatoms. The highest BCUT2D eigenvalue weighted by Gasteiger charge is 2.12. The Labute approximate surface area is 95.1 Å². The van der Waals surface area contributed by atoms with Crippen LogP contribution in [0.3, 0.4) is 0 Å². The van der Waals surface area contributed by atoms with Crippen LogP contribution in [0.5, 0.6) is 0 Å². The Balaban J connectivity index is 0.00000196. The number of benzene rings is 1. The molecular formula is C11H16ClF2N. The van der Waals surface area contributed by atoms with Crippen LogP contribution in [0.2, 0.25) is 0 Å². The summed E-state index contributed by atoms with van der Waals surface area (Å²) in [4.78, 5) is 0. The fraction of sp³-hybridized carbons (Fsp3) is 0.455. The molecular weight excluding hydrogens is 220 g/mol. The van der Waals surface area contributed by atoms with Crippen LogP contribution >= 0.6 is 12.4 Å². The fourth-order valence-corrected chi connectivity index (χ4v) is 1.32. The van der Waals surface area contributed by atoms with E-state index in [1.165, 1.54) is 0 Å². The second kappa shape index (κ2) is 6.03. The van der Waals surface area contributed by atoms with Gasteiger partial charge in [0.15, 0.2) is 0 Å². The average molecular weight is 236 g/mol. The molecule has 15 heavy (non-hydrogen) atoms. The summed E-state index contributed by atoms with van der Waals surface area (Å²) in [5.41, 5.74) is 8.66. The summed E-state index contributed by atoms with van der Waals surface area (Å²) < 4.78 is 24.1. The molecule has 1 nitrogen and oxygen atoms in total. The van der Waals surface area contributed by atoms with Crippen molar-refractivity contribution in [1.29, 1.82) is 0 Å². The molecule has 0 aliphatic carbocycles. The van der Waals surface area contributed by atoms with Crippen molar-refractivity contribution < 1.29 is 8.78 Å². The first kappa shape index (κ1) is 14.3. The molecule has 0 unspecified atom stereocenters. The maximum absolute atomic E-state index is 12.1. The lowest BCUT2D eigenvalue weighted by molar-refractivity contribution is 0.128. The van der Waals surface area contributed by atoms with Gasteiger partial charge in [0, 0.05) is 12.5 Å². The molecule has 0 spiro atoms. The third kappa shape index (κ3) is 4.14. The highest BCUT2D eigenvalue weighted by atomic mass is 35.5. The molecule has 1 aromatic carbocycles. The van der Waals surface area contributed by atoms with Gasteiger partial charge >= 0.3 is 0 Å². The predicted molar refractivity (Wildman–Crippen MR) is 60.7 cm³/mol. The zero-order valence-corrected chi connectivity index (χ0v) is 9.65. The van der Waals surface area contributed by atoms with Gasteiger partial charge in [-0.05, 0) is 30.5 Å². The van der Waals surface area contributed by atoms with Gasteiger partial charge in [-0.15, -0.1) is 12.4 Å². The molecule has 0 heterocycles. The molecule has 1 rings (SSSR count). The standard InChI is InChI=1S/C11H15F2N.ClH/c1-7-3-4-9(5-8(7)2)10(14)6-11(12)13;/h3-5,10-11H,6,14H2,1-2H3;1H/t10-;/m1./s1. The second-order valence-corrected chi connectivity index (χ2v) is 3.58. The lowest BCUT2D eigenvalue weighted by Gasteiger charge is -2.12. The molecule has 0 saturated heterocycles. The molecule has 1 atom stereocenters. The Morgan fingerprint density at radius 1 is 1.20 bits per heavy atom. The number of aryl methyl sites for hydroxylation is 2. The van der Waals surface area contributed by atoms with Crippen LogP contribution in [0.15, 0.2) is 18.2 Å². The summed E-state index contributed by atoms with van der Waals surface area (Å²) in [5, 5.41) is 0. The lowest BCUT2D eigenvalue weighted by atomic mass is 10.00. The van der Waals surface area contributed by atoms with Crippen molar-refractivity contribution in [3.05, 3.63) is 34.9 Å². The summed E-state index contributed by atoms with van der Waals surface area (Å²) in [7, 11) is 0. The maximum atomic E-state index is 12.1. The van der Waals surface area contributed by atoms with E-state index < -0.39 is 12.5 Å². The van der Waals surface area contributed by atoms with E-state index in [0.717, 1.165) is 16.7 Å². The highest BCUT2D eigenvalue weighted by molar-refractivity contribution is 5.85. The van der Waals surface area contributed by atoms with Gasteiger partial charge in [-0.2, -0.15) is 0 Å². The van der Waals surface area contributed by atoms with Gasteiger partial charge in [-0.1, -0.05) is 18.2 Å². The average Bonchev–Trinajstić information content (AvgIpc) is 2.08. The quantitative estimate of drug-likeness (QED) is 0.854. The third-order valence-corrected chi connectivity index (χ3v) is 2.39. The maximum Gasteiger partial charge on any atom is 0.240 e. The molecule has 0 radical (unpaired) electrons. The first-order valence-electron chi connectivity index (χ1n) is 4.61. The van der Waals surface area contributed by atoms with E-state index >= 15 is 0 Å². The summed E-state index contributed by atoms with van der Waals surface area (Å²) in [5.74, 6) is 0. The highest BCUT2D eigenvalue weighted by Crippen LogP contribution is 2.20. The summed E-state index contributed by atoms with van der Waals surface area (Å²) in [6, 6.07) is 5.04. The van der Waals surface area contributed by atoms with E-state index in [2.05, 4.69) is 0 Å². The molecule has 0 aromatic heterocycles. The molecule has 86 valence electrons. The minimum atomic E-state index is -2.34. The van der Waals surface area contributed by atoms with Crippen LogP contribution in [0.25, 0.3) is 0 Å². The zero-order valence-electron chi connectivity index (χ0n) is 8.84. The summed E-state index contributed by atoms with van der Waals surface area (Å²) in [6.45, 7) is 3.94. The normalized spacial score (nSPS) is 12.4. The van der Waals surface area contributed by atoms with Gasteiger partial charge in [0.25, 0.3) is 0 Å². The molecule has 0 bridgehead atoms. The Bertz CT molecular complexity index is 315. The fourth-order valence-electron chi connectivity index (χ4n) is 1.32. The van der Waals surface area contributed by atoms with E-state index in [1.807, 2.05) is 32.0 Å². The molecule has 0 fully saturated rings. The van der Waals surface area contributed by atoms with Gasteiger partial charge < -0.3 is 5.73 Å². The van der Waals surface area contributed by atoms with Crippen molar-refractivity contribution in [2.45, 2.75) is 32.7 Å². The van der Waals surface area contributed by atoms with E-state index in [-0.39, 0.29) is 18.8 Å². The molecule has 2 N–H and O–H groups in total. The first-order valence-corrected chi connectivity index (χ1v) is 4.61. The van der Waals surface area contributed by atoms with Crippen molar-refractivity contribution in [2.24, 2.45) is 5.73 Å². The van der Waals surface area contributed by atoms with Crippen molar-refractivity contribution >= 4 is 12.4 Å². The number of hydrogen-bond acceptors (Lipinski definition) is 1. The topological polar surface area (TPSA) is 26.0 Å². The van der Waals surface area contributed by atoms with Crippen molar-refractivity contribution in [1.82, 2.24) is 0 Å². The first-order chi connectivity index (χ1) is 6.50. The molecule has 0 saturated carbocycles. The Morgan fingerprint density at radius 2 is 1.80 bits per heavy atom. The number of nitrogens with two attached hydrogens (primary N) is 1. The number of rotatable bonds is 3. The minimum Gasteiger partial charge on any atom is -0.324 e. The number of halogens is 3. The summed E-state index contributed by atoms with van der Waals surface area (Å²) >= 11 is 0. The van der Waals surface area contributed by atoms with Crippen LogP contribution in [0.1, 0.15) is 29.2 Å². The second-order valence-electron chi connectivity index (χ2n) is 3.58. The molecule has 0 amide bonds. The Morgan fingerprint density at radius 3 is 2.27 bits per heavy atom. The minimum absolute atomic E-state index is 0. The predicted octanol–water partition coefficient (Wildman–Crippen LogP) is 3.38. The zero-order chi connectivity index (χ0) is 10.7. The Hall–Kier alpha value is -0.670. The van der Waals surface area contributed by atoms with Crippen molar-refractivity contribution in [3.8, 4) is 0 Å². The van der Waals surface area contributed by atoms with E-state index in [4.69, 9.17) is 5.73 Å². The monoisotopic (exact) mass is 235 g/mol. The largest absolute Gasteiger partial charge is 0.324 e. The number of alkyl halides is 2. The van der Waals surface area contributed by atoms with Gasteiger partial charge in [-0.3, -0.25) is 0 Å². The van der Waals surface area contributed by atoms with Gasteiger partial charge in [0.1, 0.15) is 0 Å². The van der Waals surface area contributed by atoms with Gasteiger partial charge in [-0.25, -0.2) is 8.78 Å². The van der Waals surface area contributed by atoms with E-state index in [1.54, 1.807) is 0 Å². The van der Waals surface area contributed by atoms with Crippen molar-refractivity contribution in [2.75, 3.05) is 0 Å². The van der Waals surface area contributed by atoms with Crippen LogP contribution in [-0.4, -0.2) is 6.43 Å². The van der Waals surface area contributed by atoms with Crippen LogP contribution in [0, 0.1) is 13.8 Å². The smallest absolute Gasteiger partial charge is 0.240 e. The van der Waals surface area contributed by atoms with Crippen LogP contribution in [0.4, 0.5) is 8.78 Å². The molecule has 0 aliphatic heterocycles. The molecule has 1 aromatic rings. The van der Waals surface area contributed by atoms with Crippen molar-refractivity contribution in [3.63, 3.8) is 0 Å². The molecule has 0 aliphatic rings. The van der Waals surface area contributed by atoms with Gasteiger partial charge in [0.2, 0.25) is 6.43 Å². The van der Waals surface area contributed by atoms with E-state index in [9.17, 15) is 8.78 Å². The number of hydrogen-bond donors (Lipinski definition) is 1. The lowest BCUT2D eigenvalue weighted by Crippen LogP contribution is -2.14. The third-order valence-electron chi connectivity index (χ3n) is 2.39. The van der Waals surface area contributed by atoms with Crippen LogP contribution < -0.4 is 5.73 Å². The SMILES string of the molecule is Cc1ccc([C@H](N)CC(F)F)cc1C.Cl. The van der Waals surface area contributed by atoms with Gasteiger partial charge in [0.05, 0.1) is 0 Å². The van der Waals surface area contributed by atoms with E-state index in [0.29, 0.717) is 0 Å². The summed E-state index contributed by atoms with van der Waals surface area (Å²) in [6.07, 6.45) is -2.62. The van der Waals surface area contributed by atoms with Crippen LogP contribution in [-0.2, 0) is 0 Å².